The average Bonchev–Trinajstić information content (AvgIpc) is 3.85. The highest BCUT2D eigenvalue weighted by molar-refractivity contribution is 5.89. The fourth-order valence-electron chi connectivity index (χ4n) is 7.55. The second-order valence-corrected chi connectivity index (χ2v) is 14.1. The Hall–Kier alpha value is -4.25. The van der Waals surface area contributed by atoms with Gasteiger partial charge in [0.2, 0.25) is 0 Å². The van der Waals surface area contributed by atoms with Crippen LogP contribution in [-0.2, 0) is 22.6 Å². The Bertz CT molecular complexity index is 1680. The third kappa shape index (κ3) is 9.16. The standard InChI is InChI=1S/C42H50N4O5/c1-30-39(28-46-25-7-8-36(46)27-45-23-5-6-24-45)50-41(51-40(30)33-15-13-32(29-47)14-16-33)34-17-11-31(12-18-34)26-43-42(48)44-35-19-21-38(22-20-35)49-37-9-3-2-4-10-37/h2-4,9-22,30,36,39-41,47H,5-8,23-29H2,1H3,(H2,43,44,48). The van der Waals surface area contributed by atoms with Gasteiger partial charge in [-0.2, -0.15) is 0 Å². The minimum absolute atomic E-state index is 0.00514. The molecule has 3 heterocycles. The molecular formula is C42H50N4O5. The Morgan fingerprint density at radius 1 is 0.784 bits per heavy atom. The summed E-state index contributed by atoms with van der Waals surface area (Å²) >= 11 is 0. The van der Waals surface area contributed by atoms with E-state index in [1.165, 1.54) is 38.8 Å². The third-order valence-electron chi connectivity index (χ3n) is 10.5. The van der Waals surface area contributed by atoms with Crippen molar-refractivity contribution in [2.45, 2.75) is 70.3 Å². The van der Waals surface area contributed by atoms with E-state index in [1.54, 1.807) is 0 Å². The molecule has 3 aliphatic heterocycles. The van der Waals surface area contributed by atoms with Crippen LogP contribution in [0.25, 0.3) is 0 Å². The molecule has 9 heteroatoms. The molecular weight excluding hydrogens is 640 g/mol. The number of carbonyl (C=O) groups excluding carboxylic acids is 1. The predicted molar refractivity (Wildman–Crippen MR) is 198 cm³/mol. The molecule has 0 radical (unpaired) electrons. The number of hydrogen-bond donors (Lipinski definition) is 3. The largest absolute Gasteiger partial charge is 0.457 e. The first-order valence-electron chi connectivity index (χ1n) is 18.4. The number of benzene rings is 4. The van der Waals surface area contributed by atoms with Crippen LogP contribution in [0.1, 0.15) is 67.3 Å². The van der Waals surface area contributed by atoms with E-state index in [0.717, 1.165) is 47.6 Å². The topological polar surface area (TPSA) is 95.5 Å². The van der Waals surface area contributed by atoms with Crippen molar-refractivity contribution in [3.63, 3.8) is 0 Å². The maximum Gasteiger partial charge on any atom is 0.319 e. The highest BCUT2D eigenvalue weighted by atomic mass is 16.7. The molecule has 0 aromatic heterocycles. The van der Waals surface area contributed by atoms with Gasteiger partial charge in [-0.15, -0.1) is 0 Å². The Morgan fingerprint density at radius 3 is 2.20 bits per heavy atom. The number of hydrogen-bond acceptors (Lipinski definition) is 7. The molecule has 3 saturated heterocycles. The van der Waals surface area contributed by atoms with Gasteiger partial charge in [0.1, 0.15) is 11.5 Å². The average molecular weight is 691 g/mol. The number of anilines is 1. The summed E-state index contributed by atoms with van der Waals surface area (Å²) in [5.41, 5.74) is 4.58. The molecule has 0 aliphatic carbocycles. The first-order chi connectivity index (χ1) is 25.0. The maximum atomic E-state index is 12.7. The number of rotatable bonds is 12. The number of aliphatic hydroxyl groups excluding tert-OH is 1. The molecule has 0 bridgehead atoms. The van der Waals surface area contributed by atoms with E-state index in [1.807, 2.05) is 91.0 Å². The number of carbonyl (C=O) groups is 1. The van der Waals surface area contributed by atoms with Crippen LogP contribution in [0, 0.1) is 5.92 Å². The van der Waals surface area contributed by atoms with Gasteiger partial charge in [-0.25, -0.2) is 4.79 Å². The number of aliphatic hydroxyl groups is 1. The fourth-order valence-corrected chi connectivity index (χ4v) is 7.55. The summed E-state index contributed by atoms with van der Waals surface area (Å²) in [7, 11) is 0. The molecule has 4 aromatic rings. The van der Waals surface area contributed by atoms with Crippen molar-refractivity contribution in [3.05, 3.63) is 125 Å². The zero-order chi connectivity index (χ0) is 35.0. The molecule has 51 heavy (non-hydrogen) atoms. The molecule has 5 unspecified atom stereocenters. The van der Waals surface area contributed by atoms with Gasteiger partial charge >= 0.3 is 6.03 Å². The summed E-state index contributed by atoms with van der Waals surface area (Å²) in [5, 5.41) is 15.5. The number of amides is 2. The zero-order valence-corrected chi connectivity index (χ0v) is 29.5. The lowest BCUT2D eigenvalue weighted by molar-refractivity contribution is -0.276. The summed E-state index contributed by atoms with van der Waals surface area (Å²) in [6.07, 6.45) is 4.43. The van der Waals surface area contributed by atoms with Crippen LogP contribution >= 0.6 is 0 Å². The molecule has 2 amide bonds. The Labute approximate surface area is 301 Å². The number of urea groups is 1. The van der Waals surface area contributed by atoms with Crippen molar-refractivity contribution in [2.75, 3.05) is 38.0 Å². The van der Waals surface area contributed by atoms with E-state index in [2.05, 4.69) is 39.5 Å². The van der Waals surface area contributed by atoms with E-state index in [0.29, 0.717) is 24.0 Å². The fraction of sp³-hybridized carbons (Fsp3) is 0.405. The Kier molecular flexibility index (Phi) is 11.6. The quantitative estimate of drug-likeness (QED) is 0.141. The van der Waals surface area contributed by atoms with Crippen LogP contribution in [-0.4, -0.2) is 65.8 Å². The first-order valence-corrected chi connectivity index (χ1v) is 18.4. The monoisotopic (exact) mass is 690 g/mol. The van der Waals surface area contributed by atoms with Crippen LogP contribution in [0.5, 0.6) is 11.5 Å². The van der Waals surface area contributed by atoms with Gasteiger partial charge < -0.3 is 34.9 Å². The molecule has 3 N–H and O–H groups in total. The second-order valence-electron chi connectivity index (χ2n) is 14.1. The lowest BCUT2D eigenvalue weighted by Gasteiger charge is -2.43. The van der Waals surface area contributed by atoms with Crippen LogP contribution in [0.3, 0.4) is 0 Å². The van der Waals surface area contributed by atoms with Crippen LogP contribution < -0.4 is 15.4 Å². The van der Waals surface area contributed by atoms with Gasteiger partial charge in [-0.3, -0.25) is 4.90 Å². The number of nitrogens with zero attached hydrogens (tertiary/aromatic N) is 2. The van der Waals surface area contributed by atoms with E-state index >= 15 is 0 Å². The lowest BCUT2D eigenvalue weighted by Crippen LogP contribution is -2.48. The summed E-state index contributed by atoms with van der Waals surface area (Å²) in [6, 6.07) is 33.4. The van der Waals surface area contributed by atoms with Gasteiger partial charge in [-0.05, 0) is 98.4 Å². The van der Waals surface area contributed by atoms with Gasteiger partial charge in [0.25, 0.3) is 0 Å². The van der Waals surface area contributed by atoms with Crippen molar-refractivity contribution in [3.8, 4) is 11.5 Å². The van der Waals surface area contributed by atoms with Crippen molar-refractivity contribution < 1.29 is 24.1 Å². The van der Waals surface area contributed by atoms with Gasteiger partial charge in [0, 0.05) is 42.8 Å². The Balaban J connectivity index is 0.975. The number of ether oxygens (including phenoxy) is 3. The zero-order valence-electron chi connectivity index (χ0n) is 29.5. The summed E-state index contributed by atoms with van der Waals surface area (Å²) in [6.45, 7) is 8.21. The molecule has 0 saturated carbocycles. The SMILES string of the molecule is CC1C(CN2CCCC2CN2CCCC2)OC(c2ccc(CNC(=O)Nc3ccc(Oc4ccccc4)cc3)cc2)OC1c1ccc(CO)cc1. The summed E-state index contributed by atoms with van der Waals surface area (Å²) < 4.78 is 19.4. The predicted octanol–water partition coefficient (Wildman–Crippen LogP) is 7.64. The number of nitrogens with one attached hydrogen (secondary N) is 2. The van der Waals surface area contributed by atoms with Gasteiger partial charge in [0.05, 0.1) is 18.8 Å². The second kappa shape index (κ2) is 16.8. The van der Waals surface area contributed by atoms with E-state index in [4.69, 9.17) is 14.2 Å². The van der Waals surface area contributed by atoms with Crippen molar-refractivity contribution in [1.82, 2.24) is 15.1 Å². The molecule has 4 aromatic carbocycles. The number of likely N-dealkylation sites (tertiary alicyclic amines) is 2. The molecule has 3 fully saturated rings. The van der Waals surface area contributed by atoms with Crippen LogP contribution in [0.15, 0.2) is 103 Å². The van der Waals surface area contributed by atoms with Crippen molar-refractivity contribution in [2.24, 2.45) is 5.92 Å². The van der Waals surface area contributed by atoms with Crippen LogP contribution in [0.4, 0.5) is 10.5 Å². The van der Waals surface area contributed by atoms with Crippen molar-refractivity contribution in [1.29, 1.82) is 0 Å². The van der Waals surface area contributed by atoms with Gasteiger partial charge in [-0.1, -0.05) is 73.7 Å². The molecule has 5 atom stereocenters. The van der Waals surface area contributed by atoms with Crippen LogP contribution in [0.2, 0.25) is 0 Å². The molecule has 9 nitrogen and oxygen atoms in total. The lowest BCUT2D eigenvalue weighted by atomic mass is 9.90. The summed E-state index contributed by atoms with van der Waals surface area (Å²) in [4.78, 5) is 18.0. The third-order valence-corrected chi connectivity index (χ3v) is 10.5. The molecule has 3 aliphatic rings. The van der Waals surface area contributed by atoms with E-state index < -0.39 is 6.29 Å². The van der Waals surface area contributed by atoms with E-state index in [-0.39, 0.29) is 30.8 Å². The molecule has 0 spiro atoms. The Morgan fingerprint density at radius 2 is 1.47 bits per heavy atom. The first kappa shape index (κ1) is 35.2. The highest BCUT2D eigenvalue weighted by Gasteiger charge is 2.40. The molecule has 268 valence electrons. The highest BCUT2D eigenvalue weighted by Crippen LogP contribution is 2.42. The summed E-state index contributed by atoms with van der Waals surface area (Å²) in [5.74, 6) is 1.60. The smallest absolute Gasteiger partial charge is 0.319 e. The maximum absolute atomic E-state index is 12.7. The minimum atomic E-state index is -0.521. The van der Waals surface area contributed by atoms with Gasteiger partial charge in [0.15, 0.2) is 6.29 Å². The number of para-hydroxylation sites is 1. The normalized spacial score (nSPS) is 24.0. The molecule has 7 rings (SSSR count). The van der Waals surface area contributed by atoms with E-state index in [9.17, 15) is 9.90 Å². The van der Waals surface area contributed by atoms with Crippen molar-refractivity contribution >= 4 is 11.7 Å². The minimum Gasteiger partial charge on any atom is -0.457 e.